The number of halogens is 1. The van der Waals surface area contributed by atoms with E-state index in [4.69, 9.17) is 16.6 Å². The topological polar surface area (TPSA) is 210 Å². The van der Waals surface area contributed by atoms with Gasteiger partial charge in [0.2, 0.25) is 23.6 Å². The zero-order chi connectivity index (χ0) is 46.9. The molecule has 16 nitrogen and oxygen atoms in total. The van der Waals surface area contributed by atoms with Crippen LogP contribution in [0.25, 0.3) is 5.00 Å². The van der Waals surface area contributed by atoms with Crippen LogP contribution in [-0.2, 0) is 25.6 Å². The Morgan fingerprint density at radius 1 is 0.821 bits per heavy atom. The van der Waals surface area contributed by atoms with Crippen LogP contribution in [0.5, 0.6) is 0 Å². The Hall–Kier alpha value is -7.50. The Balaban J connectivity index is 0.762. The molecule has 0 radical (unpaired) electrons. The van der Waals surface area contributed by atoms with Gasteiger partial charge in [-0.2, -0.15) is 10.2 Å². The zero-order valence-corrected chi connectivity index (χ0v) is 38.2. The van der Waals surface area contributed by atoms with Crippen molar-refractivity contribution in [1.82, 2.24) is 25.0 Å². The van der Waals surface area contributed by atoms with E-state index in [1.807, 2.05) is 60.0 Å². The molecular weight excluding hydrogens is 892 g/mol. The van der Waals surface area contributed by atoms with Gasteiger partial charge in [0.15, 0.2) is 5.82 Å². The SMILES string of the molecule is Cc1sc2c(c1C)C(c1ccc(Cl)cc1)=N[C@@H](CC(=O)Nc1ccc(N=Nc3ccc(CCCCC(=O)Nc4cccc5c4C(=O)N(C4CCC(=O)NC4=O)C5=O)cc3)cc1)c1nnc(C)n1-2. The number of nitrogens with one attached hydrogen (secondary N) is 3. The van der Waals surface area contributed by atoms with E-state index in [-0.39, 0.29) is 54.3 Å². The van der Waals surface area contributed by atoms with E-state index in [9.17, 15) is 28.8 Å². The maximum atomic E-state index is 13.6. The molecule has 4 aromatic carbocycles. The van der Waals surface area contributed by atoms with Gasteiger partial charge in [-0.05, 0) is 118 Å². The monoisotopic (exact) mass is 934 g/mol. The molecule has 5 heterocycles. The fourth-order valence-electron chi connectivity index (χ4n) is 8.42. The van der Waals surface area contributed by atoms with E-state index in [0.29, 0.717) is 40.2 Å². The first-order chi connectivity index (χ1) is 32.3. The number of piperidine rings is 1. The molecule has 3 aliphatic rings. The first-order valence-electron chi connectivity index (χ1n) is 21.7. The van der Waals surface area contributed by atoms with Crippen molar-refractivity contribution in [3.8, 4) is 5.00 Å². The minimum Gasteiger partial charge on any atom is -0.326 e. The van der Waals surface area contributed by atoms with Gasteiger partial charge in [-0.25, -0.2) is 0 Å². The number of nitrogens with zero attached hydrogens (tertiary/aromatic N) is 7. The van der Waals surface area contributed by atoms with Gasteiger partial charge in [0.25, 0.3) is 11.8 Å². The summed E-state index contributed by atoms with van der Waals surface area (Å²) in [5.41, 5.74) is 7.03. The first-order valence-corrected chi connectivity index (χ1v) is 22.9. The fourth-order valence-corrected chi connectivity index (χ4v) is 9.76. The smallest absolute Gasteiger partial charge is 0.264 e. The molecule has 1 saturated heterocycles. The lowest BCUT2D eigenvalue weighted by Crippen LogP contribution is -2.54. The molecule has 18 heteroatoms. The molecule has 2 atom stereocenters. The van der Waals surface area contributed by atoms with E-state index in [1.165, 1.54) is 6.07 Å². The average Bonchev–Trinajstić information content (AvgIpc) is 3.89. The molecule has 2 aromatic heterocycles. The number of thiophene rings is 1. The summed E-state index contributed by atoms with van der Waals surface area (Å²) in [6.07, 6.45) is 2.30. The second-order valence-electron chi connectivity index (χ2n) is 16.5. The van der Waals surface area contributed by atoms with Crippen LogP contribution in [0.2, 0.25) is 5.02 Å². The minimum atomic E-state index is -1.09. The van der Waals surface area contributed by atoms with Crippen LogP contribution in [0.3, 0.4) is 0 Å². The lowest BCUT2D eigenvalue weighted by molar-refractivity contribution is -0.136. The lowest BCUT2D eigenvalue weighted by atomic mass is 9.99. The molecular formula is C49H43ClN10O6S. The number of azo groups is 1. The highest BCUT2D eigenvalue weighted by atomic mass is 35.5. The Morgan fingerprint density at radius 3 is 2.25 bits per heavy atom. The molecule has 9 rings (SSSR count). The number of carbonyl (C=O) groups is 6. The Bertz CT molecular complexity index is 3050. The largest absolute Gasteiger partial charge is 0.326 e. The number of unbranched alkanes of at least 4 members (excludes halogenated alkanes) is 1. The number of aryl methyl sites for hydroxylation is 3. The summed E-state index contributed by atoms with van der Waals surface area (Å²) < 4.78 is 2.01. The van der Waals surface area contributed by atoms with E-state index in [2.05, 4.69) is 50.2 Å². The van der Waals surface area contributed by atoms with Crippen molar-refractivity contribution < 1.29 is 28.8 Å². The van der Waals surface area contributed by atoms with Gasteiger partial charge < -0.3 is 10.6 Å². The second kappa shape index (κ2) is 18.8. The number of fused-ring (bicyclic) bond motifs is 4. The molecule has 1 unspecified atom stereocenters. The Kier molecular flexibility index (Phi) is 12.5. The van der Waals surface area contributed by atoms with Gasteiger partial charge in [-0.1, -0.05) is 41.9 Å². The number of benzene rings is 4. The van der Waals surface area contributed by atoms with Crippen molar-refractivity contribution in [1.29, 1.82) is 0 Å². The molecule has 3 N–H and O–H groups in total. The number of aliphatic imine (C=N–C) groups is 1. The van der Waals surface area contributed by atoms with Gasteiger partial charge in [-0.3, -0.25) is 48.5 Å². The van der Waals surface area contributed by atoms with Crippen molar-refractivity contribution in [2.75, 3.05) is 10.6 Å². The molecule has 0 spiro atoms. The van der Waals surface area contributed by atoms with Crippen LogP contribution >= 0.6 is 22.9 Å². The minimum absolute atomic E-state index is 0.0157. The Morgan fingerprint density at radius 2 is 1.54 bits per heavy atom. The van der Waals surface area contributed by atoms with Crippen LogP contribution in [-0.4, -0.2) is 66.9 Å². The van der Waals surface area contributed by atoms with Crippen LogP contribution in [0, 0.1) is 20.8 Å². The first kappa shape index (κ1) is 44.7. The number of imide groups is 2. The number of rotatable bonds is 13. The van der Waals surface area contributed by atoms with Crippen LogP contribution in [0.1, 0.15) is 104 Å². The third-order valence-corrected chi connectivity index (χ3v) is 13.4. The summed E-state index contributed by atoms with van der Waals surface area (Å²) in [6.45, 7) is 6.07. The predicted molar refractivity (Wildman–Crippen MR) is 253 cm³/mol. The number of amides is 6. The highest BCUT2D eigenvalue weighted by molar-refractivity contribution is 7.15. The number of carbonyl (C=O) groups excluding carboxylic acids is 6. The van der Waals surface area contributed by atoms with E-state index >= 15 is 0 Å². The highest BCUT2D eigenvalue weighted by Crippen LogP contribution is 2.40. The molecule has 338 valence electrons. The summed E-state index contributed by atoms with van der Waals surface area (Å²) in [5, 5.41) is 27.2. The van der Waals surface area contributed by atoms with Crippen molar-refractivity contribution >= 4 is 86.8 Å². The van der Waals surface area contributed by atoms with Crippen LogP contribution < -0.4 is 16.0 Å². The van der Waals surface area contributed by atoms with Gasteiger partial charge in [-0.15, -0.1) is 21.5 Å². The number of aromatic nitrogens is 3. The van der Waals surface area contributed by atoms with Gasteiger partial charge >= 0.3 is 0 Å². The average molecular weight is 935 g/mol. The van der Waals surface area contributed by atoms with Crippen LogP contribution in [0.15, 0.2) is 106 Å². The maximum Gasteiger partial charge on any atom is 0.264 e. The fraction of sp³-hybridized carbons (Fsp3) is 0.245. The molecule has 0 aliphatic carbocycles. The number of hydrogen-bond acceptors (Lipinski definition) is 12. The standard InChI is InChI=1S/C49H43ClN10O6S/c1-26-27(2)67-49-42(26)44(30-13-15-31(50)16-14-30)53-37(45-58-55-28(3)59(45)49)25-41(63)51-32-19-21-34(22-20-32)57-56-33-17-11-29(12-18-33)7-4-5-10-39(61)52-36-9-6-8-35-43(36)48(66)60(47(35)65)38-23-24-40(62)54-46(38)64/h6,8-9,11-22,37-38H,4-5,7,10,23-25H2,1-3H3,(H,51,63)(H,52,61)(H,54,62,64)/t37-,38?/m0/s1. The van der Waals surface area contributed by atoms with Gasteiger partial charge in [0.1, 0.15) is 22.9 Å². The molecule has 0 bridgehead atoms. The zero-order valence-electron chi connectivity index (χ0n) is 36.6. The van der Waals surface area contributed by atoms with Gasteiger partial charge in [0.05, 0.1) is 40.3 Å². The van der Waals surface area contributed by atoms with E-state index in [0.717, 1.165) is 55.6 Å². The van der Waals surface area contributed by atoms with Crippen molar-refractivity contribution in [3.05, 3.63) is 146 Å². The predicted octanol–water partition coefficient (Wildman–Crippen LogP) is 9.00. The lowest BCUT2D eigenvalue weighted by Gasteiger charge is -2.27. The van der Waals surface area contributed by atoms with Crippen molar-refractivity contribution in [2.45, 2.75) is 77.8 Å². The third kappa shape index (κ3) is 9.20. The highest BCUT2D eigenvalue weighted by Gasteiger charge is 2.46. The van der Waals surface area contributed by atoms with Gasteiger partial charge in [0, 0.05) is 39.6 Å². The van der Waals surface area contributed by atoms with E-state index in [1.54, 1.807) is 47.7 Å². The summed E-state index contributed by atoms with van der Waals surface area (Å²) in [5.74, 6) is -1.70. The maximum absolute atomic E-state index is 13.6. The normalized spacial score (nSPS) is 16.6. The molecule has 6 aromatic rings. The molecule has 6 amide bonds. The van der Waals surface area contributed by atoms with E-state index < -0.39 is 35.7 Å². The number of anilines is 2. The summed E-state index contributed by atoms with van der Waals surface area (Å²) in [7, 11) is 0. The summed E-state index contributed by atoms with van der Waals surface area (Å²) >= 11 is 7.90. The van der Waals surface area contributed by atoms with Crippen molar-refractivity contribution in [3.63, 3.8) is 0 Å². The summed E-state index contributed by atoms with van der Waals surface area (Å²) in [6, 6.07) is 25.2. The third-order valence-electron chi connectivity index (χ3n) is 12.0. The molecule has 0 saturated carbocycles. The quantitative estimate of drug-likeness (QED) is 0.0577. The van der Waals surface area contributed by atoms with Crippen LogP contribution in [0.4, 0.5) is 22.7 Å². The number of hydrogen-bond donors (Lipinski definition) is 3. The van der Waals surface area contributed by atoms with Crippen molar-refractivity contribution in [2.24, 2.45) is 15.2 Å². The molecule has 3 aliphatic heterocycles. The molecule has 67 heavy (non-hydrogen) atoms. The second-order valence-corrected chi connectivity index (χ2v) is 18.1. The Labute approximate surface area is 393 Å². The molecule has 1 fully saturated rings. The summed E-state index contributed by atoms with van der Waals surface area (Å²) in [4.78, 5) is 84.3.